The number of fused-ring (bicyclic) bond motifs is 1. The van der Waals surface area contributed by atoms with Crippen molar-refractivity contribution in [3.63, 3.8) is 0 Å². The molecule has 1 aliphatic rings. The molecule has 0 fully saturated rings. The van der Waals surface area contributed by atoms with Gasteiger partial charge in [-0.2, -0.15) is 0 Å². The van der Waals surface area contributed by atoms with Gasteiger partial charge in [0.1, 0.15) is 0 Å². The number of ketones is 1. The van der Waals surface area contributed by atoms with Crippen LogP contribution in [0.1, 0.15) is 21.5 Å². The summed E-state index contributed by atoms with van der Waals surface area (Å²) in [7, 11) is 2.09. The summed E-state index contributed by atoms with van der Waals surface area (Å²) in [5.74, 6) is 0.418. The summed E-state index contributed by atoms with van der Waals surface area (Å²) in [6.07, 6.45) is 0.883. The molecule has 21 heavy (non-hydrogen) atoms. The van der Waals surface area contributed by atoms with E-state index in [2.05, 4.69) is 42.3 Å². The maximum atomic E-state index is 12.4. The first-order valence-corrected chi connectivity index (χ1v) is 7.08. The third-order valence-electron chi connectivity index (χ3n) is 3.95. The summed E-state index contributed by atoms with van der Waals surface area (Å²) in [5.41, 5.74) is 3.42. The highest BCUT2D eigenvalue weighted by Gasteiger charge is 2.30. The van der Waals surface area contributed by atoms with Gasteiger partial charge in [0.05, 0.1) is 0 Å². The van der Waals surface area contributed by atoms with E-state index in [0.717, 1.165) is 25.1 Å². The van der Waals surface area contributed by atoms with Gasteiger partial charge in [-0.25, -0.2) is 0 Å². The molecule has 0 saturated carbocycles. The number of halogens is 1. The fraction of sp³-hybridized carbons (Fsp3) is 0.278. The summed E-state index contributed by atoms with van der Waals surface area (Å²) < 4.78 is 0. The van der Waals surface area contributed by atoms with Gasteiger partial charge in [-0.15, -0.1) is 17.0 Å². The van der Waals surface area contributed by atoms with Gasteiger partial charge in [0, 0.05) is 24.6 Å². The smallest absolute Gasteiger partial charge is 0.167 e. The number of benzene rings is 2. The lowest BCUT2D eigenvalue weighted by Gasteiger charge is -2.20. The Morgan fingerprint density at radius 3 is 2.43 bits per heavy atom. The number of carbonyl (C=O) groups is 1. The molecule has 1 unspecified atom stereocenters. The monoisotopic (exact) mass is 345 g/mol. The second kappa shape index (κ2) is 7.01. The van der Waals surface area contributed by atoms with Gasteiger partial charge in [-0.3, -0.25) is 4.79 Å². The van der Waals surface area contributed by atoms with E-state index in [1.165, 1.54) is 11.1 Å². The van der Waals surface area contributed by atoms with Gasteiger partial charge < -0.3 is 4.90 Å². The Morgan fingerprint density at radius 2 is 1.71 bits per heavy atom. The van der Waals surface area contributed by atoms with Crippen molar-refractivity contribution in [3.8, 4) is 0 Å². The Kier molecular flexibility index (Phi) is 5.32. The first-order chi connectivity index (χ1) is 9.74. The molecule has 2 aromatic carbocycles. The van der Waals surface area contributed by atoms with Crippen molar-refractivity contribution in [2.45, 2.75) is 13.0 Å². The van der Waals surface area contributed by atoms with E-state index in [1.807, 2.05) is 24.3 Å². The van der Waals surface area contributed by atoms with Gasteiger partial charge >= 0.3 is 0 Å². The van der Waals surface area contributed by atoms with Crippen LogP contribution in [0.3, 0.4) is 0 Å². The van der Waals surface area contributed by atoms with E-state index in [-0.39, 0.29) is 22.9 Å². The molecule has 3 rings (SSSR count). The lowest BCUT2D eigenvalue weighted by molar-refractivity contribution is 0.0907. The molecule has 1 atom stereocenters. The standard InChI is InChI=1S/C18H19NO.BrH/c1-19(12-14-7-3-2-4-8-14)13-16-11-15-9-5-6-10-17(15)18(16)20;/h2-10,16H,11-13H2,1H3;1H. The zero-order chi connectivity index (χ0) is 13.9. The van der Waals surface area contributed by atoms with E-state index in [0.29, 0.717) is 5.78 Å². The van der Waals surface area contributed by atoms with Crippen molar-refractivity contribution in [3.05, 3.63) is 71.3 Å². The Balaban J connectivity index is 0.00000161. The minimum absolute atomic E-state index is 0. The molecular formula is C18H20BrNO. The van der Waals surface area contributed by atoms with Gasteiger partial charge in [-0.1, -0.05) is 54.6 Å². The zero-order valence-corrected chi connectivity index (χ0v) is 13.9. The average molecular weight is 346 g/mol. The van der Waals surface area contributed by atoms with Crippen molar-refractivity contribution in [2.24, 2.45) is 5.92 Å². The van der Waals surface area contributed by atoms with Crippen LogP contribution in [-0.4, -0.2) is 24.3 Å². The summed E-state index contributed by atoms with van der Waals surface area (Å²) in [4.78, 5) is 14.6. The SMILES string of the molecule is Br.CN(Cc1ccccc1)CC1Cc2ccccc2C1=O. The van der Waals surface area contributed by atoms with Crippen molar-refractivity contribution in [2.75, 3.05) is 13.6 Å². The minimum atomic E-state index is 0. The van der Waals surface area contributed by atoms with Gasteiger partial charge in [0.15, 0.2) is 5.78 Å². The molecule has 0 aliphatic heterocycles. The van der Waals surface area contributed by atoms with Crippen molar-refractivity contribution in [1.82, 2.24) is 4.90 Å². The number of hydrogen-bond acceptors (Lipinski definition) is 2. The molecule has 0 aromatic heterocycles. The van der Waals surface area contributed by atoms with E-state index < -0.39 is 0 Å². The Morgan fingerprint density at radius 1 is 1.05 bits per heavy atom. The third kappa shape index (κ3) is 3.60. The first kappa shape index (κ1) is 15.9. The van der Waals surface area contributed by atoms with Crippen LogP contribution in [0.4, 0.5) is 0 Å². The van der Waals surface area contributed by atoms with Gasteiger partial charge in [0.2, 0.25) is 0 Å². The fourth-order valence-electron chi connectivity index (χ4n) is 3.00. The van der Waals surface area contributed by atoms with E-state index in [1.54, 1.807) is 0 Å². The lowest BCUT2D eigenvalue weighted by atomic mass is 10.0. The van der Waals surface area contributed by atoms with Gasteiger partial charge in [-0.05, 0) is 24.6 Å². The zero-order valence-electron chi connectivity index (χ0n) is 12.2. The third-order valence-corrected chi connectivity index (χ3v) is 3.95. The highest BCUT2D eigenvalue weighted by molar-refractivity contribution is 8.93. The van der Waals surface area contributed by atoms with Crippen LogP contribution in [-0.2, 0) is 13.0 Å². The topological polar surface area (TPSA) is 20.3 Å². The van der Waals surface area contributed by atoms with E-state index >= 15 is 0 Å². The predicted octanol–water partition coefficient (Wildman–Crippen LogP) is 3.75. The summed E-state index contributed by atoms with van der Waals surface area (Å²) in [6.45, 7) is 1.71. The van der Waals surface area contributed by atoms with Crippen LogP contribution in [0.25, 0.3) is 0 Å². The molecule has 0 amide bonds. The second-order valence-corrected chi connectivity index (χ2v) is 5.60. The largest absolute Gasteiger partial charge is 0.301 e. The maximum Gasteiger partial charge on any atom is 0.167 e. The molecule has 0 heterocycles. The lowest BCUT2D eigenvalue weighted by Crippen LogP contribution is -2.28. The summed E-state index contributed by atoms with van der Waals surface area (Å²) in [6, 6.07) is 18.4. The number of hydrogen-bond donors (Lipinski definition) is 0. The van der Waals surface area contributed by atoms with Crippen molar-refractivity contribution >= 4 is 22.8 Å². The molecule has 2 nitrogen and oxygen atoms in total. The molecular weight excluding hydrogens is 326 g/mol. The average Bonchev–Trinajstić information content (AvgIpc) is 2.77. The van der Waals surface area contributed by atoms with Crippen LogP contribution in [0.15, 0.2) is 54.6 Å². The number of carbonyl (C=O) groups excluding carboxylic acids is 1. The molecule has 1 aliphatic carbocycles. The summed E-state index contributed by atoms with van der Waals surface area (Å²) in [5, 5.41) is 0. The molecule has 110 valence electrons. The second-order valence-electron chi connectivity index (χ2n) is 5.60. The molecule has 3 heteroatoms. The normalized spacial score (nSPS) is 16.7. The quantitative estimate of drug-likeness (QED) is 0.840. The maximum absolute atomic E-state index is 12.4. The molecule has 2 aromatic rings. The van der Waals surface area contributed by atoms with Crippen LogP contribution in [0.5, 0.6) is 0 Å². The van der Waals surface area contributed by atoms with Crippen LogP contribution in [0, 0.1) is 5.92 Å². The number of Topliss-reactive ketones (excluding diaryl/α,β-unsaturated/α-hetero) is 1. The highest BCUT2D eigenvalue weighted by atomic mass is 79.9. The molecule has 0 bridgehead atoms. The van der Waals surface area contributed by atoms with Crippen LogP contribution >= 0.6 is 17.0 Å². The molecule has 0 radical (unpaired) electrons. The highest BCUT2D eigenvalue weighted by Crippen LogP contribution is 2.27. The van der Waals surface area contributed by atoms with Crippen molar-refractivity contribution < 1.29 is 4.79 Å². The van der Waals surface area contributed by atoms with Crippen molar-refractivity contribution in [1.29, 1.82) is 0 Å². The fourth-order valence-corrected chi connectivity index (χ4v) is 3.00. The number of rotatable bonds is 4. The Bertz CT molecular complexity index is 612. The Hall–Kier alpha value is -1.45. The molecule has 0 N–H and O–H groups in total. The van der Waals surface area contributed by atoms with Gasteiger partial charge in [0.25, 0.3) is 0 Å². The summed E-state index contributed by atoms with van der Waals surface area (Å²) >= 11 is 0. The molecule has 0 spiro atoms. The van der Waals surface area contributed by atoms with Crippen LogP contribution in [0.2, 0.25) is 0 Å². The van der Waals surface area contributed by atoms with E-state index in [9.17, 15) is 4.79 Å². The number of nitrogens with zero attached hydrogens (tertiary/aromatic N) is 1. The Labute approximate surface area is 136 Å². The van der Waals surface area contributed by atoms with E-state index in [4.69, 9.17) is 0 Å². The first-order valence-electron chi connectivity index (χ1n) is 7.08. The molecule has 0 saturated heterocycles. The minimum Gasteiger partial charge on any atom is -0.301 e. The van der Waals surface area contributed by atoms with Crippen LogP contribution < -0.4 is 0 Å². The predicted molar refractivity (Wildman–Crippen MR) is 91.1 cm³/mol.